The number of aromatic nitrogens is 4. The SMILES string of the molecule is Cc1c(-c2cc(C(F)(F)F)c3c(C#N)cnn3c2)cnn1C. The largest absolute Gasteiger partial charge is 0.418 e. The average molecular weight is 305 g/mol. The van der Waals surface area contributed by atoms with E-state index in [0.717, 1.165) is 22.5 Å². The van der Waals surface area contributed by atoms with Crippen LogP contribution in [0.1, 0.15) is 16.8 Å². The van der Waals surface area contributed by atoms with Crippen LogP contribution in [-0.4, -0.2) is 19.4 Å². The van der Waals surface area contributed by atoms with Crippen LogP contribution in [0.15, 0.2) is 24.7 Å². The highest BCUT2D eigenvalue weighted by Crippen LogP contribution is 2.37. The lowest BCUT2D eigenvalue weighted by molar-refractivity contribution is -0.136. The van der Waals surface area contributed by atoms with Gasteiger partial charge in [-0.3, -0.25) is 4.68 Å². The van der Waals surface area contributed by atoms with Crippen molar-refractivity contribution >= 4 is 5.52 Å². The number of hydrogen-bond acceptors (Lipinski definition) is 3. The molecule has 0 aromatic carbocycles. The lowest BCUT2D eigenvalue weighted by Gasteiger charge is -2.11. The Hall–Kier alpha value is -2.82. The van der Waals surface area contributed by atoms with Crippen molar-refractivity contribution in [3.8, 4) is 17.2 Å². The monoisotopic (exact) mass is 305 g/mol. The minimum absolute atomic E-state index is 0.109. The molecule has 0 spiro atoms. The van der Waals surface area contributed by atoms with Crippen LogP contribution in [0.5, 0.6) is 0 Å². The van der Waals surface area contributed by atoms with Gasteiger partial charge in [-0.1, -0.05) is 0 Å². The Balaban J connectivity index is 2.36. The molecule has 3 aromatic rings. The van der Waals surface area contributed by atoms with Gasteiger partial charge in [0.25, 0.3) is 0 Å². The third-order valence-electron chi connectivity index (χ3n) is 3.58. The molecule has 0 aliphatic carbocycles. The van der Waals surface area contributed by atoms with E-state index in [1.807, 2.05) is 0 Å². The molecule has 8 heteroatoms. The first-order valence-corrected chi connectivity index (χ1v) is 6.30. The fourth-order valence-electron chi connectivity index (χ4n) is 2.35. The van der Waals surface area contributed by atoms with Gasteiger partial charge in [0.15, 0.2) is 0 Å². The maximum absolute atomic E-state index is 13.3. The Labute approximate surface area is 123 Å². The van der Waals surface area contributed by atoms with Gasteiger partial charge in [0, 0.05) is 30.1 Å². The fraction of sp³-hybridized carbons (Fsp3) is 0.214. The third kappa shape index (κ3) is 2.02. The normalized spacial score (nSPS) is 11.8. The molecule has 5 nitrogen and oxygen atoms in total. The molecule has 3 heterocycles. The van der Waals surface area contributed by atoms with Crippen molar-refractivity contribution in [3.05, 3.63) is 41.5 Å². The topological polar surface area (TPSA) is 58.9 Å². The average Bonchev–Trinajstić information content (AvgIpc) is 3.01. The van der Waals surface area contributed by atoms with E-state index in [2.05, 4.69) is 10.2 Å². The first-order chi connectivity index (χ1) is 10.3. The Bertz CT molecular complexity index is 911. The predicted molar refractivity (Wildman–Crippen MR) is 71.8 cm³/mol. The zero-order valence-corrected chi connectivity index (χ0v) is 11.7. The van der Waals surface area contributed by atoms with Gasteiger partial charge in [-0.15, -0.1) is 0 Å². The highest BCUT2D eigenvalue weighted by Gasteiger charge is 2.35. The van der Waals surface area contributed by atoms with Crippen LogP contribution in [0, 0.1) is 18.3 Å². The van der Waals surface area contributed by atoms with Crippen molar-refractivity contribution in [3.63, 3.8) is 0 Å². The molecule has 22 heavy (non-hydrogen) atoms. The summed E-state index contributed by atoms with van der Waals surface area (Å²) in [6.45, 7) is 1.77. The molecule has 0 saturated carbocycles. The second-order valence-corrected chi connectivity index (χ2v) is 4.87. The zero-order valence-electron chi connectivity index (χ0n) is 11.7. The molecule has 0 fully saturated rings. The molecule has 0 amide bonds. The highest BCUT2D eigenvalue weighted by atomic mass is 19.4. The number of fused-ring (bicyclic) bond motifs is 1. The van der Waals surface area contributed by atoms with Gasteiger partial charge in [0.05, 0.1) is 29.0 Å². The smallest absolute Gasteiger partial charge is 0.272 e. The Kier molecular flexibility index (Phi) is 2.95. The number of pyridine rings is 1. The zero-order chi connectivity index (χ0) is 16.1. The summed E-state index contributed by atoms with van der Waals surface area (Å²) in [5.41, 5.74) is 0.437. The van der Waals surface area contributed by atoms with Gasteiger partial charge < -0.3 is 0 Å². The quantitative estimate of drug-likeness (QED) is 0.694. The molecule has 0 unspecified atom stereocenters. The molecule has 0 radical (unpaired) electrons. The van der Waals surface area contributed by atoms with Crippen molar-refractivity contribution in [2.75, 3.05) is 0 Å². The molecular formula is C14H10F3N5. The van der Waals surface area contributed by atoms with Crippen molar-refractivity contribution in [1.82, 2.24) is 19.4 Å². The van der Waals surface area contributed by atoms with Gasteiger partial charge in [-0.25, -0.2) is 4.52 Å². The van der Waals surface area contributed by atoms with Crippen LogP contribution in [0.25, 0.3) is 16.6 Å². The summed E-state index contributed by atoms with van der Waals surface area (Å²) in [5.74, 6) is 0. The van der Waals surface area contributed by atoms with Crippen LogP contribution in [0.4, 0.5) is 13.2 Å². The van der Waals surface area contributed by atoms with E-state index in [1.165, 1.54) is 12.4 Å². The molecule has 3 aromatic heterocycles. The van der Waals surface area contributed by atoms with Gasteiger partial charge in [-0.2, -0.15) is 28.6 Å². The number of nitrogens with zero attached hydrogens (tertiary/aromatic N) is 5. The summed E-state index contributed by atoms with van der Waals surface area (Å²) >= 11 is 0. The number of alkyl halides is 3. The molecule has 0 aliphatic heterocycles. The van der Waals surface area contributed by atoms with Crippen LogP contribution < -0.4 is 0 Å². The van der Waals surface area contributed by atoms with Crippen molar-refractivity contribution in [1.29, 1.82) is 5.26 Å². The van der Waals surface area contributed by atoms with Gasteiger partial charge in [0.1, 0.15) is 6.07 Å². The van der Waals surface area contributed by atoms with E-state index in [9.17, 15) is 13.2 Å². The summed E-state index contributed by atoms with van der Waals surface area (Å²) in [7, 11) is 1.71. The van der Waals surface area contributed by atoms with E-state index in [0.29, 0.717) is 11.1 Å². The highest BCUT2D eigenvalue weighted by molar-refractivity contribution is 5.73. The van der Waals surface area contributed by atoms with E-state index < -0.39 is 11.7 Å². The summed E-state index contributed by atoms with van der Waals surface area (Å²) in [5, 5.41) is 16.9. The lowest BCUT2D eigenvalue weighted by atomic mass is 10.0. The molecule has 0 aliphatic rings. The summed E-state index contributed by atoms with van der Waals surface area (Å²) < 4.78 is 42.7. The van der Waals surface area contributed by atoms with Gasteiger partial charge in [0.2, 0.25) is 0 Å². The Morgan fingerprint density at radius 2 is 1.95 bits per heavy atom. The first-order valence-electron chi connectivity index (χ1n) is 6.30. The van der Waals surface area contributed by atoms with E-state index in [4.69, 9.17) is 5.26 Å². The van der Waals surface area contributed by atoms with Crippen LogP contribution in [0.2, 0.25) is 0 Å². The number of halogens is 3. The molecular weight excluding hydrogens is 295 g/mol. The van der Waals surface area contributed by atoms with E-state index in [1.54, 1.807) is 24.7 Å². The number of nitriles is 1. The van der Waals surface area contributed by atoms with Crippen molar-refractivity contribution in [2.24, 2.45) is 7.05 Å². The molecule has 0 saturated heterocycles. The van der Waals surface area contributed by atoms with Crippen molar-refractivity contribution in [2.45, 2.75) is 13.1 Å². The standard InChI is InChI=1S/C14H10F3N5/c1-8-11(6-19-21(8)2)9-3-12(14(15,16)17)13-10(4-18)5-20-22(13)7-9/h3,5-7H,1-2H3. The summed E-state index contributed by atoms with van der Waals surface area (Å²) in [4.78, 5) is 0. The van der Waals surface area contributed by atoms with Gasteiger partial charge >= 0.3 is 6.18 Å². The lowest BCUT2D eigenvalue weighted by Crippen LogP contribution is -2.09. The molecule has 3 rings (SSSR count). The second kappa shape index (κ2) is 4.59. The summed E-state index contributed by atoms with van der Waals surface area (Å²) in [6, 6.07) is 2.77. The van der Waals surface area contributed by atoms with Gasteiger partial charge in [-0.05, 0) is 13.0 Å². The van der Waals surface area contributed by atoms with Crippen molar-refractivity contribution < 1.29 is 13.2 Å². The Morgan fingerprint density at radius 3 is 2.50 bits per heavy atom. The summed E-state index contributed by atoms with van der Waals surface area (Å²) in [6.07, 6.45) is -0.482. The van der Waals surface area contributed by atoms with E-state index in [-0.39, 0.29) is 11.1 Å². The fourth-order valence-corrected chi connectivity index (χ4v) is 2.35. The Morgan fingerprint density at radius 1 is 1.23 bits per heavy atom. The molecule has 0 bridgehead atoms. The second-order valence-electron chi connectivity index (χ2n) is 4.87. The third-order valence-corrected chi connectivity index (χ3v) is 3.58. The van der Waals surface area contributed by atoms with E-state index >= 15 is 0 Å². The maximum atomic E-state index is 13.3. The molecule has 112 valence electrons. The molecule has 0 N–H and O–H groups in total. The van der Waals surface area contributed by atoms with Crippen LogP contribution >= 0.6 is 0 Å². The number of hydrogen-bond donors (Lipinski definition) is 0. The van der Waals surface area contributed by atoms with Crippen LogP contribution in [-0.2, 0) is 13.2 Å². The molecule has 0 atom stereocenters. The first kappa shape index (κ1) is 14.1. The maximum Gasteiger partial charge on any atom is 0.418 e. The number of rotatable bonds is 1. The minimum atomic E-state index is -4.58. The predicted octanol–water partition coefficient (Wildman–Crippen LogP) is 2.93. The minimum Gasteiger partial charge on any atom is -0.272 e. The number of aryl methyl sites for hydroxylation is 1. The van der Waals surface area contributed by atoms with Crippen LogP contribution in [0.3, 0.4) is 0 Å².